The molecule has 1 aromatic carbocycles. The predicted molar refractivity (Wildman–Crippen MR) is 118 cm³/mol. The van der Waals surface area contributed by atoms with Crippen LogP contribution < -0.4 is 20.4 Å². The lowest BCUT2D eigenvalue weighted by atomic mass is 9.91. The van der Waals surface area contributed by atoms with E-state index < -0.39 is 9.84 Å². The zero-order chi connectivity index (χ0) is 22.7. The molecule has 1 aliphatic carbocycles. The zero-order valence-corrected chi connectivity index (χ0v) is 19.1. The Balaban J connectivity index is 1.49. The molecule has 5 rings (SSSR count). The maximum Gasteiger partial charge on any atom is 0.339 e. The second-order valence-electron chi connectivity index (χ2n) is 9.57. The summed E-state index contributed by atoms with van der Waals surface area (Å²) in [4.78, 5) is 25.1. The summed E-state index contributed by atoms with van der Waals surface area (Å²) in [7, 11) is -3.08. The van der Waals surface area contributed by atoms with E-state index in [1.54, 1.807) is 6.07 Å². The minimum absolute atomic E-state index is 0.0396. The van der Waals surface area contributed by atoms with Crippen molar-refractivity contribution in [3.8, 4) is 11.5 Å². The topological polar surface area (TPSA) is 112 Å². The first-order valence-corrected chi connectivity index (χ1v) is 12.9. The monoisotopic (exact) mass is 461 g/mol. The van der Waals surface area contributed by atoms with Gasteiger partial charge in [-0.15, -0.1) is 0 Å². The number of sulfone groups is 1. The number of carbonyl (C=O) groups excluding carboxylic acids is 1. The quantitative estimate of drug-likeness (QED) is 0.694. The van der Waals surface area contributed by atoms with E-state index in [-0.39, 0.29) is 41.3 Å². The second kappa shape index (κ2) is 7.50. The van der Waals surface area contributed by atoms with Crippen LogP contribution in [-0.4, -0.2) is 44.1 Å². The number of fused-ring (bicyclic) bond motifs is 5. The number of rotatable bonds is 4. The summed E-state index contributed by atoms with van der Waals surface area (Å²) in [6.45, 7) is 3.74. The number of nitrogens with one attached hydrogen (secondary N) is 1. The van der Waals surface area contributed by atoms with Crippen molar-refractivity contribution < 1.29 is 27.1 Å². The van der Waals surface area contributed by atoms with Gasteiger partial charge in [0.2, 0.25) is 0 Å². The number of carbonyl (C=O) groups is 1. The van der Waals surface area contributed by atoms with Crippen molar-refractivity contribution in [2.24, 2.45) is 0 Å². The van der Waals surface area contributed by atoms with Gasteiger partial charge >= 0.3 is 5.63 Å². The molecule has 0 saturated carbocycles. The number of amides is 1. The largest absolute Gasteiger partial charge is 0.487 e. The molecular formula is C23H27NO7S. The van der Waals surface area contributed by atoms with E-state index in [2.05, 4.69) is 5.32 Å². The number of ether oxygens (including phenoxy) is 2. The van der Waals surface area contributed by atoms with Gasteiger partial charge in [0.05, 0.1) is 16.9 Å². The molecule has 172 valence electrons. The molecule has 1 aromatic heterocycles. The molecule has 1 unspecified atom stereocenters. The summed E-state index contributed by atoms with van der Waals surface area (Å²) in [5.74, 6) is 0.724. The third kappa shape index (κ3) is 3.87. The molecule has 1 atom stereocenters. The zero-order valence-electron chi connectivity index (χ0n) is 18.3. The van der Waals surface area contributed by atoms with Crippen LogP contribution in [-0.2, 0) is 33.9 Å². The Morgan fingerprint density at radius 2 is 2.00 bits per heavy atom. The number of hydrogen-bond donors (Lipinski definition) is 1. The molecule has 0 radical (unpaired) electrons. The normalized spacial score (nSPS) is 22.8. The molecule has 1 saturated heterocycles. The van der Waals surface area contributed by atoms with E-state index in [0.29, 0.717) is 35.5 Å². The summed E-state index contributed by atoms with van der Waals surface area (Å²) >= 11 is 0. The fourth-order valence-corrected chi connectivity index (χ4v) is 6.66. The minimum Gasteiger partial charge on any atom is -0.487 e. The molecule has 3 heterocycles. The third-order valence-corrected chi connectivity index (χ3v) is 8.36. The van der Waals surface area contributed by atoms with Crippen LogP contribution in [0, 0.1) is 0 Å². The predicted octanol–water partition coefficient (Wildman–Crippen LogP) is 2.07. The Hall–Kier alpha value is -2.55. The first kappa shape index (κ1) is 21.3. The minimum atomic E-state index is -3.08. The average molecular weight is 462 g/mol. The van der Waals surface area contributed by atoms with E-state index in [9.17, 15) is 18.0 Å². The van der Waals surface area contributed by atoms with Gasteiger partial charge in [0.15, 0.2) is 16.4 Å². The summed E-state index contributed by atoms with van der Waals surface area (Å²) in [6.07, 6.45) is 4.23. The summed E-state index contributed by atoms with van der Waals surface area (Å²) in [5, 5.41) is 3.49. The van der Waals surface area contributed by atoms with Crippen molar-refractivity contribution in [3.05, 3.63) is 33.2 Å². The molecule has 32 heavy (non-hydrogen) atoms. The lowest BCUT2D eigenvalue weighted by Gasteiger charge is -2.33. The molecule has 1 N–H and O–H groups in total. The lowest BCUT2D eigenvalue weighted by molar-refractivity contribution is -0.123. The van der Waals surface area contributed by atoms with E-state index in [1.165, 1.54) is 0 Å². The van der Waals surface area contributed by atoms with E-state index in [0.717, 1.165) is 42.2 Å². The van der Waals surface area contributed by atoms with Gasteiger partial charge in [-0.3, -0.25) is 4.79 Å². The van der Waals surface area contributed by atoms with Gasteiger partial charge < -0.3 is 19.2 Å². The van der Waals surface area contributed by atoms with Crippen LogP contribution in [0.15, 0.2) is 15.3 Å². The Bertz CT molecular complexity index is 1280. The highest BCUT2D eigenvalue weighted by Crippen LogP contribution is 2.44. The highest BCUT2D eigenvalue weighted by Gasteiger charge is 2.33. The van der Waals surface area contributed by atoms with Crippen molar-refractivity contribution in [2.45, 2.75) is 64.0 Å². The Kier molecular flexibility index (Phi) is 5.00. The van der Waals surface area contributed by atoms with Crippen molar-refractivity contribution in [1.82, 2.24) is 5.32 Å². The SMILES string of the molecule is CC1(C)CCc2c(cc(OCC(=O)NC3CCS(=O)(=O)C3)c3c4c(c(=O)oc23)CCC4)O1. The molecule has 1 fully saturated rings. The smallest absolute Gasteiger partial charge is 0.339 e. The van der Waals surface area contributed by atoms with Gasteiger partial charge in [0, 0.05) is 23.2 Å². The Morgan fingerprint density at radius 1 is 1.22 bits per heavy atom. The molecule has 0 bridgehead atoms. The van der Waals surface area contributed by atoms with Gasteiger partial charge in [0.25, 0.3) is 5.91 Å². The van der Waals surface area contributed by atoms with Crippen LogP contribution in [0.2, 0.25) is 0 Å². The average Bonchev–Trinajstić information content (AvgIpc) is 3.32. The van der Waals surface area contributed by atoms with E-state index in [1.807, 2.05) is 13.8 Å². The molecule has 8 nitrogen and oxygen atoms in total. The molecule has 0 spiro atoms. The van der Waals surface area contributed by atoms with Crippen LogP contribution in [0.3, 0.4) is 0 Å². The Morgan fingerprint density at radius 3 is 2.75 bits per heavy atom. The van der Waals surface area contributed by atoms with Gasteiger partial charge in [-0.05, 0) is 57.9 Å². The van der Waals surface area contributed by atoms with Crippen LogP contribution in [0.5, 0.6) is 11.5 Å². The Labute approximate surface area is 186 Å². The lowest BCUT2D eigenvalue weighted by Crippen LogP contribution is -2.38. The number of benzene rings is 1. The standard InChI is InChI=1S/C23H27NO7S/c1-23(2)8-6-16-17(31-23)10-18(20-14-4-3-5-15(14)22(26)30-21(16)20)29-11-19(25)24-13-7-9-32(27,28)12-13/h10,13H,3-9,11-12H2,1-2H3,(H,24,25). The van der Waals surface area contributed by atoms with E-state index in [4.69, 9.17) is 13.9 Å². The van der Waals surface area contributed by atoms with Gasteiger partial charge in [-0.2, -0.15) is 0 Å². The van der Waals surface area contributed by atoms with Crippen LogP contribution >= 0.6 is 0 Å². The van der Waals surface area contributed by atoms with Crippen molar-refractivity contribution in [2.75, 3.05) is 18.1 Å². The van der Waals surface area contributed by atoms with E-state index >= 15 is 0 Å². The summed E-state index contributed by atoms with van der Waals surface area (Å²) < 4.78 is 41.1. The molecule has 3 aliphatic rings. The first-order chi connectivity index (χ1) is 15.1. The maximum absolute atomic E-state index is 12.6. The highest BCUT2D eigenvalue weighted by atomic mass is 32.2. The first-order valence-electron chi connectivity index (χ1n) is 11.1. The molecular weight excluding hydrogens is 434 g/mol. The number of aryl methyl sites for hydroxylation is 2. The van der Waals surface area contributed by atoms with Crippen molar-refractivity contribution in [3.63, 3.8) is 0 Å². The maximum atomic E-state index is 12.6. The van der Waals surface area contributed by atoms with Gasteiger partial charge in [-0.1, -0.05) is 0 Å². The molecule has 2 aliphatic heterocycles. The van der Waals surface area contributed by atoms with Gasteiger partial charge in [-0.25, -0.2) is 13.2 Å². The van der Waals surface area contributed by atoms with Crippen LogP contribution in [0.25, 0.3) is 11.0 Å². The van der Waals surface area contributed by atoms with Crippen molar-refractivity contribution >= 4 is 26.7 Å². The fourth-order valence-electron chi connectivity index (χ4n) is 4.99. The summed E-state index contributed by atoms with van der Waals surface area (Å²) in [6, 6.07) is 1.41. The highest BCUT2D eigenvalue weighted by molar-refractivity contribution is 7.91. The van der Waals surface area contributed by atoms with Crippen LogP contribution in [0.4, 0.5) is 0 Å². The van der Waals surface area contributed by atoms with Crippen molar-refractivity contribution in [1.29, 1.82) is 0 Å². The number of hydrogen-bond acceptors (Lipinski definition) is 7. The second-order valence-corrected chi connectivity index (χ2v) is 11.8. The molecule has 9 heteroatoms. The third-order valence-electron chi connectivity index (χ3n) is 6.59. The molecule has 1 amide bonds. The summed E-state index contributed by atoms with van der Waals surface area (Å²) in [5.41, 5.74) is 2.29. The van der Waals surface area contributed by atoms with Crippen LogP contribution in [0.1, 0.15) is 49.8 Å². The molecule has 2 aromatic rings. The fraction of sp³-hybridized carbons (Fsp3) is 0.565. The van der Waals surface area contributed by atoms with Gasteiger partial charge in [0.1, 0.15) is 22.7 Å².